The molecule has 0 radical (unpaired) electrons. The first-order valence-electron chi connectivity index (χ1n) is 6.86. The van der Waals surface area contributed by atoms with Crippen molar-refractivity contribution in [3.8, 4) is 0 Å². The van der Waals surface area contributed by atoms with Crippen LogP contribution in [0.2, 0.25) is 0 Å². The van der Waals surface area contributed by atoms with E-state index in [4.69, 9.17) is 4.74 Å². The van der Waals surface area contributed by atoms with Gasteiger partial charge in [0, 0.05) is 20.3 Å². The maximum atomic E-state index is 10.5. The molecule has 2 aliphatic rings. The molecular formula is C13H26N2O2. The topological polar surface area (TPSA) is 44.7 Å². The number of ether oxygens (including phenoxy) is 1. The summed E-state index contributed by atoms with van der Waals surface area (Å²) in [4.78, 5) is 2.43. The SMILES string of the molecule is COCC1CCN(CC2(O)CCNCC2)CC1. The standard InChI is InChI=1S/C13H26N2O2/c1-17-10-12-2-8-15(9-3-12)11-13(16)4-6-14-7-5-13/h12,14,16H,2-11H2,1H3. The summed E-state index contributed by atoms with van der Waals surface area (Å²) in [5.74, 6) is 0.721. The fourth-order valence-electron chi connectivity index (χ4n) is 3.01. The Bertz CT molecular complexity index is 221. The van der Waals surface area contributed by atoms with Crippen molar-refractivity contribution in [3.05, 3.63) is 0 Å². The van der Waals surface area contributed by atoms with Crippen molar-refractivity contribution in [2.45, 2.75) is 31.3 Å². The Morgan fingerprint density at radius 2 is 1.94 bits per heavy atom. The van der Waals surface area contributed by atoms with Gasteiger partial charge in [-0.1, -0.05) is 0 Å². The lowest BCUT2D eigenvalue weighted by Gasteiger charge is -2.40. The van der Waals surface area contributed by atoms with Crippen LogP contribution in [0.25, 0.3) is 0 Å². The lowest BCUT2D eigenvalue weighted by Crippen LogP contribution is -2.51. The van der Waals surface area contributed by atoms with Crippen LogP contribution >= 0.6 is 0 Å². The largest absolute Gasteiger partial charge is 0.388 e. The number of aliphatic hydroxyl groups is 1. The van der Waals surface area contributed by atoms with Gasteiger partial charge in [0.15, 0.2) is 0 Å². The Hall–Kier alpha value is -0.160. The molecule has 0 saturated carbocycles. The average Bonchev–Trinajstić information content (AvgIpc) is 2.33. The smallest absolute Gasteiger partial charge is 0.0798 e. The molecule has 2 heterocycles. The van der Waals surface area contributed by atoms with Crippen LogP contribution in [0.4, 0.5) is 0 Å². The van der Waals surface area contributed by atoms with E-state index < -0.39 is 5.60 Å². The average molecular weight is 242 g/mol. The van der Waals surface area contributed by atoms with Gasteiger partial charge in [0.25, 0.3) is 0 Å². The number of hydrogen-bond acceptors (Lipinski definition) is 4. The number of β-amino-alcohol motifs (C(OH)–C–C–N with tert-alkyl or cyclic N) is 1. The van der Waals surface area contributed by atoms with Gasteiger partial charge in [0.05, 0.1) is 5.60 Å². The van der Waals surface area contributed by atoms with Gasteiger partial charge in [-0.2, -0.15) is 0 Å². The van der Waals surface area contributed by atoms with Crippen LogP contribution in [0.1, 0.15) is 25.7 Å². The van der Waals surface area contributed by atoms with Gasteiger partial charge in [-0.15, -0.1) is 0 Å². The van der Waals surface area contributed by atoms with E-state index in [9.17, 15) is 5.11 Å². The van der Waals surface area contributed by atoms with Crippen molar-refractivity contribution in [2.75, 3.05) is 46.4 Å². The molecule has 0 unspecified atom stereocenters. The van der Waals surface area contributed by atoms with E-state index in [1.165, 1.54) is 12.8 Å². The third-order valence-electron chi connectivity index (χ3n) is 4.16. The zero-order chi connectivity index (χ0) is 12.1. The van der Waals surface area contributed by atoms with Crippen molar-refractivity contribution < 1.29 is 9.84 Å². The lowest BCUT2D eigenvalue weighted by molar-refractivity contribution is -0.0302. The Balaban J connectivity index is 1.73. The van der Waals surface area contributed by atoms with Gasteiger partial charge in [0.2, 0.25) is 0 Å². The second-order valence-corrected chi connectivity index (χ2v) is 5.65. The third kappa shape index (κ3) is 3.91. The summed E-state index contributed by atoms with van der Waals surface area (Å²) in [6.45, 7) is 5.89. The van der Waals surface area contributed by atoms with E-state index in [2.05, 4.69) is 10.2 Å². The fraction of sp³-hybridized carbons (Fsp3) is 1.00. The van der Waals surface area contributed by atoms with Crippen LogP contribution in [0.5, 0.6) is 0 Å². The predicted molar refractivity (Wildman–Crippen MR) is 68.1 cm³/mol. The first-order valence-corrected chi connectivity index (χ1v) is 6.86. The molecule has 100 valence electrons. The monoisotopic (exact) mass is 242 g/mol. The number of methoxy groups -OCH3 is 1. The molecule has 0 aromatic carbocycles. The molecule has 4 nitrogen and oxygen atoms in total. The van der Waals surface area contributed by atoms with Crippen LogP contribution in [0, 0.1) is 5.92 Å². The zero-order valence-electron chi connectivity index (χ0n) is 11.0. The second-order valence-electron chi connectivity index (χ2n) is 5.65. The summed E-state index contributed by atoms with van der Waals surface area (Å²) in [5.41, 5.74) is -0.445. The second kappa shape index (κ2) is 6.14. The summed E-state index contributed by atoms with van der Waals surface area (Å²) in [7, 11) is 1.78. The number of rotatable bonds is 4. The van der Waals surface area contributed by atoms with Gasteiger partial charge in [-0.05, 0) is 57.8 Å². The van der Waals surface area contributed by atoms with Crippen LogP contribution in [0.15, 0.2) is 0 Å². The van der Waals surface area contributed by atoms with Crippen molar-refractivity contribution in [2.24, 2.45) is 5.92 Å². The molecule has 0 amide bonds. The summed E-state index contributed by atoms with van der Waals surface area (Å²) in [5, 5.41) is 13.8. The van der Waals surface area contributed by atoms with E-state index >= 15 is 0 Å². The number of nitrogens with one attached hydrogen (secondary N) is 1. The van der Waals surface area contributed by atoms with Crippen LogP contribution < -0.4 is 5.32 Å². The highest BCUT2D eigenvalue weighted by Crippen LogP contribution is 2.23. The summed E-state index contributed by atoms with van der Waals surface area (Å²) >= 11 is 0. The van der Waals surface area contributed by atoms with Crippen molar-refractivity contribution in [1.82, 2.24) is 10.2 Å². The molecule has 2 rings (SSSR count). The summed E-state index contributed by atoms with van der Waals surface area (Å²) < 4.78 is 5.21. The van der Waals surface area contributed by atoms with Crippen LogP contribution in [0.3, 0.4) is 0 Å². The molecule has 17 heavy (non-hydrogen) atoms. The fourth-order valence-corrected chi connectivity index (χ4v) is 3.01. The van der Waals surface area contributed by atoms with Gasteiger partial charge < -0.3 is 20.1 Å². The highest BCUT2D eigenvalue weighted by Gasteiger charge is 2.32. The number of nitrogens with zero attached hydrogens (tertiary/aromatic N) is 1. The molecular weight excluding hydrogens is 216 g/mol. The van der Waals surface area contributed by atoms with E-state index in [0.717, 1.165) is 58.1 Å². The Labute approximate surface area is 104 Å². The minimum absolute atomic E-state index is 0.445. The van der Waals surface area contributed by atoms with E-state index in [1.807, 2.05) is 0 Å². The molecule has 4 heteroatoms. The van der Waals surface area contributed by atoms with E-state index in [0.29, 0.717) is 0 Å². The minimum atomic E-state index is -0.445. The van der Waals surface area contributed by atoms with Crippen molar-refractivity contribution >= 4 is 0 Å². The lowest BCUT2D eigenvalue weighted by atomic mass is 9.90. The maximum absolute atomic E-state index is 10.5. The number of piperidine rings is 2. The van der Waals surface area contributed by atoms with Crippen LogP contribution in [-0.2, 0) is 4.74 Å². The Morgan fingerprint density at radius 1 is 1.29 bits per heavy atom. The molecule has 0 aromatic heterocycles. The van der Waals surface area contributed by atoms with Gasteiger partial charge in [-0.3, -0.25) is 0 Å². The first kappa shape index (κ1) is 13.3. The first-order chi connectivity index (χ1) is 8.22. The molecule has 0 aromatic rings. The van der Waals surface area contributed by atoms with Crippen molar-refractivity contribution in [1.29, 1.82) is 0 Å². The van der Waals surface area contributed by atoms with Crippen LogP contribution in [-0.4, -0.2) is 62.0 Å². The van der Waals surface area contributed by atoms with Gasteiger partial charge in [0.1, 0.15) is 0 Å². The molecule has 0 spiro atoms. The van der Waals surface area contributed by atoms with Crippen molar-refractivity contribution in [3.63, 3.8) is 0 Å². The summed E-state index contributed by atoms with van der Waals surface area (Å²) in [6.07, 6.45) is 4.21. The zero-order valence-corrected chi connectivity index (χ0v) is 11.0. The van der Waals surface area contributed by atoms with Gasteiger partial charge >= 0.3 is 0 Å². The predicted octanol–water partition coefficient (Wildman–Crippen LogP) is 0.459. The molecule has 0 bridgehead atoms. The highest BCUT2D eigenvalue weighted by atomic mass is 16.5. The number of hydrogen-bond donors (Lipinski definition) is 2. The quantitative estimate of drug-likeness (QED) is 0.752. The highest BCUT2D eigenvalue weighted by molar-refractivity contribution is 4.88. The van der Waals surface area contributed by atoms with E-state index in [1.54, 1.807) is 7.11 Å². The number of likely N-dealkylation sites (tertiary alicyclic amines) is 1. The Kier molecular flexibility index (Phi) is 4.79. The summed E-state index contributed by atoms with van der Waals surface area (Å²) in [6, 6.07) is 0. The molecule has 2 N–H and O–H groups in total. The maximum Gasteiger partial charge on any atom is 0.0798 e. The Morgan fingerprint density at radius 3 is 2.53 bits per heavy atom. The van der Waals surface area contributed by atoms with Gasteiger partial charge in [-0.25, -0.2) is 0 Å². The molecule has 2 aliphatic heterocycles. The molecule has 2 fully saturated rings. The molecule has 0 aliphatic carbocycles. The minimum Gasteiger partial charge on any atom is -0.388 e. The molecule has 0 atom stereocenters. The normalized spacial score (nSPS) is 27.2. The van der Waals surface area contributed by atoms with E-state index in [-0.39, 0.29) is 0 Å². The third-order valence-corrected chi connectivity index (χ3v) is 4.16. The molecule has 2 saturated heterocycles.